The summed E-state index contributed by atoms with van der Waals surface area (Å²) in [6.45, 7) is 5.43. The van der Waals surface area contributed by atoms with Gasteiger partial charge in [-0.05, 0) is 36.6 Å². The highest BCUT2D eigenvalue weighted by Gasteiger charge is 2.27. The molecule has 0 aliphatic carbocycles. The Morgan fingerprint density at radius 2 is 2.00 bits per heavy atom. The molecule has 0 spiro atoms. The zero-order valence-corrected chi connectivity index (χ0v) is 16.7. The van der Waals surface area contributed by atoms with E-state index in [1.807, 2.05) is 38.1 Å². The molecule has 2 aromatic carbocycles. The molecule has 1 atom stereocenters. The van der Waals surface area contributed by atoms with E-state index in [4.69, 9.17) is 9.47 Å². The summed E-state index contributed by atoms with van der Waals surface area (Å²) in [5, 5.41) is 3.22. The van der Waals surface area contributed by atoms with Crippen molar-refractivity contribution < 1.29 is 23.0 Å². The Bertz CT molecular complexity index is 860. The first-order valence-electron chi connectivity index (χ1n) is 9.79. The molecule has 1 amide bonds. The third-order valence-electron chi connectivity index (χ3n) is 5.19. The zero-order valence-electron chi connectivity index (χ0n) is 16.7. The molecule has 1 aliphatic rings. The second kappa shape index (κ2) is 9.69. The molecule has 1 aliphatic heterocycles. The quantitative estimate of drug-likeness (QED) is 0.785. The van der Waals surface area contributed by atoms with Crippen molar-refractivity contribution in [2.24, 2.45) is 0 Å². The highest BCUT2D eigenvalue weighted by Crippen LogP contribution is 2.25. The van der Waals surface area contributed by atoms with Gasteiger partial charge in [0.15, 0.2) is 11.6 Å². The molecule has 1 fully saturated rings. The van der Waals surface area contributed by atoms with Crippen molar-refractivity contribution in [1.29, 1.82) is 0 Å². The Morgan fingerprint density at radius 1 is 1.21 bits per heavy atom. The summed E-state index contributed by atoms with van der Waals surface area (Å²) in [6.07, 6.45) is 0.205. The maximum Gasteiger partial charge on any atom is 0.410 e. The Morgan fingerprint density at radius 3 is 2.76 bits per heavy atom. The topological polar surface area (TPSA) is 50.8 Å². The van der Waals surface area contributed by atoms with Crippen molar-refractivity contribution >= 4 is 6.09 Å². The summed E-state index contributed by atoms with van der Waals surface area (Å²) >= 11 is 0. The zero-order chi connectivity index (χ0) is 20.8. The predicted molar refractivity (Wildman–Crippen MR) is 106 cm³/mol. The van der Waals surface area contributed by atoms with Crippen LogP contribution in [-0.4, -0.2) is 36.7 Å². The molecule has 1 N–H and O–H groups in total. The van der Waals surface area contributed by atoms with Crippen LogP contribution in [0, 0.1) is 18.6 Å². The maximum absolute atomic E-state index is 14.8. The molecule has 2 aromatic rings. The maximum atomic E-state index is 14.8. The fraction of sp³-hybridized carbons (Fsp3) is 0.409. The summed E-state index contributed by atoms with van der Waals surface area (Å²) < 4.78 is 39.8. The fourth-order valence-electron chi connectivity index (χ4n) is 3.33. The van der Waals surface area contributed by atoms with E-state index < -0.39 is 24.3 Å². The van der Waals surface area contributed by atoms with Gasteiger partial charge in [0.2, 0.25) is 0 Å². The van der Waals surface area contributed by atoms with E-state index in [9.17, 15) is 13.6 Å². The van der Waals surface area contributed by atoms with E-state index >= 15 is 0 Å². The van der Waals surface area contributed by atoms with Gasteiger partial charge in [0.25, 0.3) is 0 Å². The normalized spacial score (nSPS) is 16.6. The number of nitrogens with zero attached hydrogens (tertiary/aromatic N) is 1. The molecular formula is C22H26F2N2O3. The van der Waals surface area contributed by atoms with Crippen LogP contribution in [0.15, 0.2) is 36.4 Å². The monoisotopic (exact) mass is 404 g/mol. The molecular weight excluding hydrogens is 378 g/mol. The van der Waals surface area contributed by atoms with Gasteiger partial charge in [0, 0.05) is 25.7 Å². The highest BCUT2D eigenvalue weighted by atomic mass is 19.1. The van der Waals surface area contributed by atoms with Crippen LogP contribution in [0.5, 0.6) is 5.75 Å². The minimum Gasteiger partial charge on any atom is -0.486 e. The molecule has 0 saturated carbocycles. The molecule has 0 unspecified atom stereocenters. The standard InChI is InChI=1S/C22H26F2N2O3/c1-3-17-12-25-10-11-26(17)22(27)29-14-18-19(23)8-9-20(21(18)24)28-13-16-7-5-4-6-15(16)2/h4-9,17,25H,3,10-14H2,1-2H3/t17-/m1/s1. The molecule has 0 radical (unpaired) electrons. The third-order valence-corrected chi connectivity index (χ3v) is 5.19. The molecule has 156 valence electrons. The average molecular weight is 404 g/mol. The first-order valence-corrected chi connectivity index (χ1v) is 9.79. The highest BCUT2D eigenvalue weighted by molar-refractivity contribution is 5.68. The molecule has 1 saturated heterocycles. The largest absolute Gasteiger partial charge is 0.486 e. The van der Waals surface area contributed by atoms with E-state index in [1.165, 1.54) is 6.07 Å². The number of amides is 1. The average Bonchev–Trinajstić information content (AvgIpc) is 2.74. The Kier molecular flexibility index (Phi) is 7.04. The molecule has 1 heterocycles. The van der Waals surface area contributed by atoms with Gasteiger partial charge in [-0.25, -0.2) is 13.6 Å². The van der Waals surface area contributed by atoms with Crippen molar-refractivity contribution in [3.05, 3.63) is 64.7 Å². The van der Waals surface area contributed by atoms with Crippen LogP contribution in [0.1, 0.15) is 30.0 Å². The van der Waals surface area contributed by atoms with Gasteiger partial charge >= 0.3 is 6.09 Å². The van der Waals surface area contributed by atoms with Gasteiger partial charge in [0.05, 0.1) is 5.56 Å². The Hall–Kier alpha value is -2.67. The molecule has 3 rings (SSSR count). The molecule has 7 heteroatoms. The molecule has 0 bridgehead atoms. The van der Waals surface area contributed by atoms with Gasteiger partial charge in [-0.2, -0.15) is 0 Å². The minimum atomic E-state index is -0.848. The van der Waals surface area contributed by atoms with Crippen LogP contribution in [0.25, 0.3) is 0 Å². The predicted octanol–water partition coefficient (Wildman–Crippen LogP) is 4.17. The van der Waals surface area contributed by atoms with E-state index in [1.54, 1.807) is 4.90 Å². The number of aryl methyl sites for hydroxylation is 1. The second-order valence-corrected chi connectivity index (χ2v) is 7.07. The van der Waals surface area contributed by atoms with Gasteiger partial charge < -0.3 is 19.7 Å². The number of piperazine rings is 1. The van der Waals surface area contributed by atoms with Crippen LogP contribution in [0.2, 0.25) is 0 Å². The van der Waals surface area contributed by atoms with Crippen molar-refractivity contribution in [3.63, 3.8) is 0 Å². The number of halogens is 2. The Labute approximate surface area is 169 Å². The van der Waals surface area contributed by atoms with Crippen LogP contribution in [0.3, 0.4) is 0 Å². The number of nitrogens with one attached hydrogen (secondary N) is 1. The number of hydrogen-bond acceptors (Lipinski definition) is 4. The minimum absolute atomic E-state index is 0.00900. The summed E-state index contributed by atoms with van der Waals surface area (Å²) in [6, 6.07) is 9.98. The molecule has 5 nitrogen and oxygen atoms in total. The number of ether oxygens (including phenoxy) is 2. The van der Waals surface area contributed by atoms with Crippen LogP contribution >= 0.6 is 0 Å². The first kappa shape index (κ1) is 21.0. The fourth-order valence-corrected chi connectivity index (χ4v) is 3.33. The number of carbonyl (C=O) groups is 1. The molecule has 0 aromatic heterocycles. The summed E-state index contributed by atoms with van der Waals surface area (Å²) in [5.41, 5.74) is 1.61. The van der Waals surface area contributed by atoms with E-state index in [0.29, 0.717) is 19.6 Å². The van der Waals surface area contributed by atoms with E-state index in [0.717, 1.165) is 23.6 Å². The van der Waals surface area contributed by atoms with Gasteiger partial charge in [-0.3, -0.25) is 0 Å². The smallest absolute Gasteiger partial charge is 0.410 e. The summed E-state index contributed by atoms with van der Waals surface area (Å²) in [5.74, 6) is -1.70. The van der Waals surface area contributed by atoms with Crippen LogP contribution in [0.4, 0.5) is 13.6 Å². The van der Waals surface area contributed by atoms with E-state index in [2.05, 4.69) is 5.32 Å². The lowest BCUT2D eigenvalue weighted by Crippen LogP contribution is -2.53. The van der Waals surface area contributed by atoms with Gasteiger partial charge in [-0.1, -0.05) is 31.2 Å². The number of hydrogen-bond donors (Lipinski definition) is 1. The van der Waals surface area contributed by atoms with Crippen molar-refractivity contribution in [1.82, 2.24) is 10.2 Å². The van der Waals surface area contributed by atoms with Gasteiger partial charge in [0.1, 0.15) is 19.0 Å². The lowest BCUT2D eigenvalue weighted by atomic mass is 10.1. The van der Waals surface area contributed by atoms with Gasteiger partial charge in [-0.15, -0.1) is 0 Å². The van der Waals surface area contributed by atoms with Crippen molar-refractivity contribution in [3.8, 4) is 5.75 Å². The second-order valence-electron chi connectivity index (χ2n) is 7.07. The molecule has 29 heavy (non-hydrogen) atoms. The summed E-state index contributed by atoms with van der Waals surface area (Å²) in [4.78, 5) is 14.0. The Balaban J connectivity index is 1.67. The van der Waals surface area contributed by atoms with Crippen molar-refractivity contribution in [2.75, 3.05) is 19.6 Å². The SMILES string of the molecule is CC[C@@H]1CNCCN1C(=O)OCc1c(F)ccc(OCc2ccccc2C)c1F. The number of carbonyl (C=O) groups excluding carboxylic acids is 1. The first-order chi connectivity index (χ1) is 14.0. The van der Waals surface area contributed by atoms with Crippen molar-refractivity contribution in [2.45, 2.75) is 39.5 Å². The van der Waals surface area contributed by atoms with Crippen LogP contribution < -0.4 is 10.1 Å². The van der Waals surface area contributed by atoms with Crippen LogP contribution in [-0.2, 0) is 18.0 Å². The third kappa shape index (κ3) is 5.03. The number of rotatable bonds is 6. The summed E-state index contributed by atoms with van der Waals surface area (Å²) in [7, 11) is 0. The van der Waals surface area contributed by atoms with E-state index in [-0.39, 0.29) is 24.0 Å². The number of benzene rings is 2. The lowest BCUT2D eigenvalue weighted by molar-refractivity contribution is 0.0697. The lowest BCUT2D eigenvalue weighted by Gasteiger charge is -2.34.